The molecule has 25 heavy (non-hydrogen) atoms. The second kappa shape index (κ2) is 6.40. The monoisotopic (exact) mass is 404 g/mol. The molecule has 2 aromatic rings. The van der Waals surface area contributed by atoms with Crippen LogP contribution in [0.5, 0.6) is 0 Å². The van der Waals surface area contributed by atoms with Crippen molar-refractivity contribution in [1.29, 1.82) is 0 Å². The number of ketones is 1. The summed E-state index contributed by atoms with van der Waals surface area (Å²) in [5.74, 6) is -1.59. The smallest absolute Gasteiger partial charge is 0.319 e. The summed E-state index contributed by atoms with van der Waals surface area (Å²) in [5.41, 5.74) is -0.555. The first-order chi connectivity index (χ1) is 11.8. The van der Waals surface area contributed by atoms with E-state index in [0.29, 0.717) is 5.56 Å². The molecule has 2 aromatic carbocycles. The van der Waals surface area contributed by atoms with Gasteiger partial charge >= 0.3 is 6.03 Å². The van der Waals surface area contributed by atoms with Gasteiger partial charge in [0.1, 0.15) is 11.4 Å². The van der Waals surface area contributed by atoms with Gasteiger partial charge < -0.3 is 5.32 Å². The van der Waals surface area contributed by atoms with Crippen LogP contribution in [0.1, 0.15) is 22.8 Å². The number of carbonyl (C=O) groups is 3. The van der Waals surface area contributed by atoms with Crippen molar-refractivity contribution >= 4 is 33.7 Å². The number of hydrogen-bond donors (Lipinski definition) is 1. The van der Waals surface area contributed by atoms with Crippen LogP contribution in [0.25, 0.3) is 0 Å². The fourth-order valence-electron chi connectivity index (χ4n) is 2.73. The zero-order valence-electron chi connectivity index (χ0n) is 13.3. The lowest BCUT2D eigenvalue weighted by Crippen LogP contribution is -2.41. The number of hydrogen-bond acceptors (Lipinski definition) is 3. The number of nitrogens with zero attached hydrogens (tertiary/aromatic N) is 1. The largest absolute Gasteiger partial charge is 0.325 e. The molecule has 0 radical (unpaired) electrons. The molecule has 1 aliphatic heterocycles. The summed E-state index contributed by atoms with van der Waals surface area (Å²) < 4.78 is 14.0. The van der Waals surface area contributed by atoms with Gasteiger partial charge in [-0.2, -0.15) is 0 Å². The van der Waals surface area contributed by atoms with Crippen LogP contribution in [0, 0.1) is 5.82 Å². The van der Waals surface area contributed by atoms with Gasteiger partial charge in [0.15, 0.2) is 5.78 Å². The average Bonchev–Trinajstić information content (AvgIpc) is 2.79. The predicted octanol–water partition coefficient (Wildman–Crippen LogP) is 3.24. The van der Waals surface area contributed by atoms with Crippen molar-refractivity contribution in [1.82, 2.24) is 10.2 Å². The number of Topliss-reactive ketones (excluding diaryl/α,β-unsaturated/α-hetero) is 1. The van der Waals surface area contributed by atoms with E-state index in [2.05, 4.69) is 21.2 Å². The van der Waals surface area contributed by atoms with E-state index in [1.807, 2.05) is 0 Å². The third-order valence-electron chi connectivity index (χ3n) is 4.13. The number of imide groups is 1. The molecule has 1 saturated heterocycles. The van der Waals surface area contributed by atoms with Crippen molar-refractivity contribution in [3.05, 3.63) is 69.9 Å². The van der Waals surface area contributed by atoms with Crippen molar-refractivity contribution in [2.75, 3.05) is 6.54 Å². The molecule has 0 saturated carbocycles. The number of halogens is 2. The lowest BCUT2D eigenvalue weighted by molar-refractivity contribution is -0.130. The molecule has 7 heteroatoms. The Morgan fingerprint density at radius 2 is 1.92 bits per heavy atom. The van der Waals surface area contributed by atoms with Crippen LogP contribution in [0.4, 0.5) is 9.18 Å². The Kier molecular flexibility index (Phi) is 4.43. The van der Waals surface area contributed by atoms with E-state index in [0.717, 1.165) is 15.4 Å². The lowest BCUT2D eigenvalue weighted by Gasteiger charge is -2.22. The van der Waals surface area contributed by atoms with E-state index >= 15 is 0 Å². The maximum absolute atomic E-state index is 13.3. The molecule has 0 bridgehead atoms. The number of nitrogens with one attached hydrogen (secondary N) is 1. The van der Waals surface area contributed by atoms with Crippen LogP contribution in [0.3, 0.4) is 0 Å². The van der Waals surface area contributed by atoms with E-state index in [4.69, 9.17) is 0 Å². The molecule has 1 heterocycles. The van der Waals surface area contributed by atoms with Gasteiger partial charge in [-0.1, -0.05) is 40.2 Å². The van der Waals surface area contributed by atoms with Crippen molar-refractivity contribution in [2.24, 2.45) is 0 Å². The highest BCUT2D eigenvalue weighted by atomic mass is 79.9. The number of carbonyl (C=O) groups excluding carboxylic acids is 3. The molecule has 3 rings (SSSR count). The molecule has 0 aliphatic carbocycles. The minimum atomic E-state index is -1.26. The molecule has 5 nitrogen and oxygen atoms in total. The molecule has 1 fully saturated rings. The Balaban J connectivity index is 1.85. The van der Waals surface area contributed by atoms with Crippen molar-refractivity contribution in [3.8, 4) is 0 Å². The Bertz CT molecular complexity index is 886. The van der Waals surface area contributed by atoms with Crippen LogP contribution in [0.2, 0.25) is 0 Å². The van der Waals surface area contributed by atoms with Crippen molar-refractivity contribution in [3.63, 3.8) is 0 Å². The minimum Gasteiger partial charge on any atom is -0.319 e. The van der Waals surface area contributed by atoms with Gasteiger partial charge in [-0.3, -0.25) is 14.5 Å². The summed E-state index contributed by atoms with van der Waals surface area (Å²) in [6.45, 7) is 1.14. The minimum absolute atomic E-state index is 0.108. The number of urea groups is 1. The van der Waals surface area contributed by atoms with E-state index in [1.54, 1.807) is 31.2 Å². The molecule has 0 spiro atoms. The summed E-state index contributed by atoms with van der Waals surface area (Å²) in [6.07, 6.45) is 0. The summed E-state index contributed by atoms with van der Waals surface area (Å²) in [5, 5.41) is 2.63. The maximum atomic E-state index is 13.3. The Morgan fingerprint density at radius 1 is 1.20 bits per heavy atom. The topological polar surface area (TPSA) is 66.5 Å². The van der Waals surface area contributed by atoms with Crippen molar-refractivity contribution < 1.29 is 18.8 Å². The molecular weight excluding hydrogens is 391 g/mol. The first-order valence-electron chi connectivity index (χ1n) is 7.50. The highest BCUT2D eigenvalue weighted by molar-refractivity contribution is 9.10. The van der Waals surface area contributed by atoms with Crippen molar-refractivity contribution in [2.45, 2.75) is 12.5 Å². The van der Waals surface area contributed by atoms with E-state index in [1.165, 1.54) is 18.2 Å². The van der Waals surface area contributed by atoms with Crippen LogP contribution in [0.15, 0.2) is 53.0 Å². The number of benzene rings is 2. The van der Waals surface area contributed by atoms with Crippen LogP contribution in [-0.4, -0.2) is 29.2 Å². The third-order valence-corrected chi connectivity index (χ3v) is 4.62. The fourth-order valence-corrected chi connectivity index (χ4v) is 3.13. The molecule has 1 atom stereocenters. The highest BCUT2D eigenvalue weighted by Gasteiger charge is 2.49. The summed E-state index contributed by atoms with van der Waals surface area (Å²) in [6, 6.07) is 11.5. The quantitative estimate of drug-likeness (QED) is 0.628. The predicted molar refractivity (Wildman–Crippen MR) is 92.5 cm³/mol. The summed E-state index contributed by atoms with van der Waals surface area (Å²) in [7, 11) is 0. The third kappa shape index (κ3) is 3.19. The van der Waals surface area contributed by atoms with Crippen LogP contribution >= 0.6 is 15.9 Å². The zero-order chi connectivity index (χ0) is 18.2. The zero-order valence-corrected chi connectivity index (χ0v) is 14.8. The molecule has 128 valence electrons. The first kappa shape index (κ1) is 17.3. The molecule has 0 aromatic heterocycles. The van der Waals surface area contributed by atoms with Gasteiger partial charge in [0, 0.05) is 10.0 Å². The molecule has 1 N–H and O–H groups in total. The Hall–Kier alpha value is -2.54. The lowest BCUT2D eigenvalue weighted by atomic mass is 9.92. The maximum Gasteiger partial charge on any atom is 0.325 e. The molecule has 1 aliphatic rings. The SMILES string of the molecule is C[C@@]1(c2cccc(Br)c2)NC(=O)N(CC(=O)c2cccc(F)c2)C1=O. The average molecular weight is 405 g/mol. The molecular formula is C18H14BrFN2O3. The fraction of sp³-hybridized carbons (Fsp3) is 0.167. The van der Waals surface area contributed by atoms with Gasteiger partial charge in [-0.25, -0.2) is 9.18 Å². The standard InChI is InChI=1S/C18H14BrFN2O3/c1-18(12-5-3-6-13(19)9-12)16(24)22(17(25)21-18)10-15(23)11-4-2-7-14(20)8-11/h2-9H,10H2,1H3,(H,21,25)/t18-/m0/s1. The molecule has 0 unspecified atom stereocenters. The van der Waals surface area contributed by atoms with Gasteiger partial charge in [0.05, 0.1) is 6.54 Å². The highest BCUT2D eigenvalue weighted by Crippen LogP contribution is 2.30. The normalized spacial score (nSPS) is 19.9. The van der Waals surface area contributed by atoms with Gasteiger partial charge in [0.2, 0.25) is 0 Å². The molecule has 3 amide bonds. The number of amides is 3. The first-order valence-corrected chi connectivity index (χ1v) is 8.29. The van der Waals surface area contributed by atoms with Crippen LogP contribution < -0.4 is 5.32 Å². The summed E-state index contributed by atoms with van der Waals surface area (Å²) >= 11 is 3.33. The Labute approximate surface area is 151 Å². The van der Waals surface area contributed by atoms with Gasteiger partial charge in [-0.05, 0) is 36.8 Å². The second-order valence-corrected chi connectivity index (χ2v) is 6.81. The van der Waals surface area contributed by atoms with E-state index < -0.39 is 35.6 Å². The number of rotatable bonds is 4. The second-order valence-electron chi connectivity index (χ2n) is 5.89. The van der Waals surface area contributed by atoms with E-state index in [-0.39, 0.29) is 5.56 Å². The Morgan fingerprint density at radius 3 is 2.60 bits per heavy atom. The van der Waals surface area contributed by atoms with E-state index in [9.17, 15) is 18.8 Å². The summed E-state index contributed by atoms with van der Waals surface area (Å²) in [4.78, 5) is 38.2. The van der Waals surface area contributed by atoms with Crippen LogP contribution in [-0.2, 0) is 10.3 Å². The van der Waals surface area contributed by atoms with Gasteiger partial charge in [-0.15, -0.1) is 0 Å². The van der Waals surface area contributed by atoms with Gasteiger partial charge in [0.25, 0.3) is 5.91 Å².